The van der Waals surface area contributed by atoms with Crippen LogP contribution in [0.3, 0.4) is 0 Å². The Hall–Kier alpha value is -3.58. The van der Waals surface area contributed by atoms with Gasteiger partial charge < -0.3 is 9.30 Å². The van der Waals surface area contributed by atoms with E-state index < -0.39 is 0 Å². The minimum Gasteiger partial charge on any atom is -0.455 e. The number of nitro groups is 1. The third-order valence-corrected chi connectivity index (χ3v) is 5.13. The van der Waals surface area contributed by atoms with Crippen molar-refractivity contribution >= 4 is 17.4 Å². The maximum Gasteiger partial charge on any atom is 0.300 e. The summed E-state index contributed by atoms with van der Waals surface area (Å²) in [5.74, 6) is 1.33. The zero-order valence-corrected chi connectivity index (χ0v) is 16.4. The van der Waals surface area contributed by atoms with Crippen LogP contribution >= 0.6 is 11.8 Å². The normalized spacial score (nSPS) is 10.7. The van der Waals surface area contributed by atoms with Crippen molar-refractivity contribution in [2.24, 2.45) is 7.05 Å². The Kier molecular flexibility index (Phi) is 5.31. The molecule has 2 aromatic carbocycles. The van der Waals surface area contributed by atoms with E-state index in [9.17, 15) is 10.1 Å². The van der Waals surface area contributed by atoms with Crippen molar-refractivity contribution in [1.29, 1.82) is 0 Å². The molecule has 0 aliphatic carbocycles. The second kappa shape index (κ2) is 8.20. The van der Waals surface area contributed by atoms with Crippen molar-refractivity contribution in [3.63, 3.8) is 0 Å². The van der Waals surface area contributed by atoms with E-state index in [0.717, 1.165) is 5.56 Å². The standard InChI is InChI=1S/C22H17N3O3S/c1-24-14-18(25(26)27)20(15-24)29-21-13-12-19(28-17-10-6-3-7-11-17)22(23-21)16-8-4-2-5-9-16/h2-15H,1H3. The first-order chi connectivity index (χ1) is 14.1. The lowest BCUT2D eigenvalue weighted by Crippen LogP contribution is -1.93. The van der Waals surface area contributed by atoms with Crippen molar-refractivity contribution < 1.29 is 9.66 Å². The van der Waals surface area contributed by atoms with Gasteiger partial charge in [0.05, 0.1) is 11.1 Å². The molecular formula is C22H17N3O3S. The Labute approximate surface area is 171 Å². The van der Waals surface area contributed by atoms with E-state index in [-0.39, 0.29) is 10.6 Å². The smallest absolute Gasteiger partial charge is 0.300 e. The lowest BCUT2D eigenvalue weighted by atomic mass is 10.1. The molecule has 0 atom stereocenters. The first-order valence-electron chi connectivity index (χ1n) is 8.88. The van der Waals surface area contributed by atoms with Gasteiger partial charge in [0.1, 0.15) is 21.4 Å². The molecule has 0 N–H and O–H groups in total. The molecule has 0 bridgehead atoms. The highest BCUT2D eigenvalue weighted by atomic mass is 32.2. The molecule has 2 heterocycles. The summed E-state index contributed by atoms with van der Waals surface area (Å²) in [6.45, 7) is 0. The summed E-state index contributed by atoms with van der Waals surface area (Å²) in [6, 6.07) is 22.9. The molecule has 0 radical (unpaired) electrons. The highest BCUT2D eigenvalue weighted by molar-refractivity contribution is 7.99. The van der Waals surface area contributed by atoms with Crippen molar-refractivity contribution in [3.8, 4) is 22.8 Å². The number of aromatic nitrogens is 2. The number of nitrogens with zero attached hydrogens (tertiary/aromatic N) is 3. The molecule has 0 saturated heterocycles. The van der Waals surface area contributed by atoms with E-state index >= 15 is 0 Å². The van der Waals surface area contributed by atoms with E-state index in [1.807, 2.05) is 72.8 Å². The fourth-order valence-corrected chi connectivity index (χ4v) is 3.81. The summed E-state index contributed by atoms with van der Waals surface area (Å²) in [4.78, 5) is 16.2. The first-order valence-corrected chi connectivity index (χ1v) is 9.69. The van der Waals surface area contributed by atoms with Gasteiger partial charge in [-0.3, -0.25) is 10.1 Å². The molecule has 0 fully saturated rings. The average molecular weight is 403 g/mol. The molecule has 144 valence electrons. The average Bonchev–Trinajstić information content (AvgIpc) is 3.11. The van der Waals surface area contributed by atoms with Gasteiger partial charge in [0.25, 0.3) is 0 Å². The second-order valence-corrected chi connectivity index (χ2v) is 7.37. The van der Waals surface area contributed by atoms with E-state index in [0.29, 0.717) is 27.1 Å². The Morgan fingerprint density at radius 1 is 0.966 bits per heavy atom. The van der Waals surface area contributed by atoms with Gasteiger partial charge in [0.15, 0.2) is 5.75 Å². The van der Waals surface area contributed by atoms with Crippen LogP contribution in [0, 0.1) is 10.1 Å². The summed E-state index contributed by atoms with van der Waals surface area (Å²) in [5.41, 5.74) is 1.65. The molecular weight excluding hydrogens is 386 g/mol. The number of ether oxygens (including phenoxy) is 1. The molecule has 0 spiro atoms. The summed E-state index contributed by atoms with van der Waals surface area (Å²) in [7, 11) is 1.76. The van der Waals surface area contributed by atoms with Gasteiger partial charge in [0, 0.05) is 18.8 Å². The minimum absolute atomic E-state index is 0.0603. The van der Waals surface area contributed by atoms with Gasteiger partial charge in [-0.1, -0.05) is 60.3 Å². The molecule has 7 heteroatoms. The Morgan fingerprint density at radius 2 is 1.66 bits per heavy atom. The number of rotatable bonds is 6. The Bertz CT molecular complexity index is 1140. The molecule has 0 unspecified atom stereocenters. The van der Waals surface area contributed by atoms with Crippen LogP contribution in [-0.2, 0) is 7.05 Å². The topological polar surface area (TPSA) is 70.2 Å². The van der Waals surface area contributed by atoms with Crippen LogP contribution in [0.1, 0.15) is 0 Å². The van der Waals surface area contributed by atoms with Crippen LogP contribution in [0.2, 0.25) is 0 Å². The summed E-state index contributed by atoms with van der Waals surface area (Å²) < 4.78 is 7.72. The third-order valence-electron chi connectivity index (χ3n) is 4.16. The fraction of sp³-hybridized carbons (Fsp3) is 0.0455. The largest absolute Gasteiger partial charge is 0.455 e. The molecule has 0 amide bonds. The second-order valence-electron chi connectivity index (χ2n) is 6.31. The molecule has 29 heavy (non-hydrogen) atoms. The maximum atomic E-state index is 11.3. The van der Waals surface area contributed by atoms with Crippen LogP contribution < -0.4 is 4.74 Å². The number of hydrogen-bond donors (Lipinski definition) is 0. The third kappa shape index (κ3) is 4.30. The summed E-state index contributed by atoms with van der Waals surface area (Å²) in [5, 5.41) is 12.0. The number of hydrogen-bond acceptors (Lipinski definition) is 5. The van der Waals surface area contributed by atoms with E-state index in [1.54, 1.807) is 17.8 Å². The van der Waals surface area contributed by atoms with Crippen LogP contribution in [0.15, 0.2) is 95.1 Å². The quantitative estimate of drug-likeness (QED) is 0.294. The molecule has 2 aromatic heterocycles. The SMILES string of the molecule is Cn1cc(Sc2ccc(Oc3ccccc3)c(-c3ccccc3)n2)c([N+](=O)[O-])c1. The van der Waals surface area contributed by atoms with Gasteiger partial charge in [-0.25, -0.2) is 4.98 Å². The predicted molar refractivity (Wildman–Crippen MR) is 112 cm³/mol. The van der Waals surface area contributed by atoms with E-state index in [4.69, 9.17) is 9.72 Å². The lowest BCUT2D eigenvalue weighted by molar-refractivity contribution is -0.387. The van der Waals surface area contributed by atoms with Crippen LogP contribution in [0.5, 0.6) is 11.5 Å². The van der Waals surface area contributed by atoms with Crippen molar-refractivity contribution in [3.05, 3.63) is 95.3 Å². The lowest BCUT2D eigenvalue weighted by Gasteiger charge is -2.12. The number of aryl methyl sites for hydroxylation is 1. The first kappa shape index (κ1) is 18.8. The van der Waals surface area contributed by atoms with Gasteiger partial charge in [-0.2, -0.15) is 0 Å². The zero-order valence-electron chi connectivity index (χ0n) is 15.6. The zero-order chi connectivity index (χ0) is 20.2. The van der Waals surface area contributed by atoms with Crippen molar-refractivity contribution in [1.82, 2.24) is 9.55 Å². The fourth-order valence-electron chi connectivity index (χ4n) is 2.86. The van der Waals surface area contributed by atoms with Crippen LogP contribution in [-0.4, -0.2) is 14.5 Å². The monoisotopic (exact) mass is 403 g/mol. The summed E-state index contributed by atoms with van der Waals surface area (Å²) in [6.07, 6.45) is 3.22. The maximum absolute atomic E-state index is 11.3. The van der Waals surface area contributed by atoms with Gasteiger partial charge in [-0.15, -0.1) is 0 Å². The highest BCUT2D eigenvalue weighted by Crippen LogP contribution is 2.38. The Morgan fingerprint density at radius 3 is 2.34 bits per heavy atom. The Balaban J connectivity index is 1.73. The van der Waals surface area contributed by atoms with Crippen LogP contribution in [0.4, 0.5) is 5.69 Å². The molecule has 4 aromatic rings. The molecule has 6 nitrogen and oxygen atoms in total. The number of pyridine rings is 1. The van der Waals surface area contributed by atoms with Gasteiger partial charge >= 0.3 is 5.69 Å². The molecule has 0 aliphatic rings. The molecule has 4 rings (SSSR count). The van der Waals surface area contributed by atoms with Gasteiger partial charge in [-0.05, 0) is 24.3 Å². The van der Waals surface area contributed by atoms with Gasteiger partial charge in [0.2, 0.25) is 0 Å². The summed E-state index contributed by atoms with van der Waals surface area (Å²) >= 11 is 1.26. The van der Waals surface area contributed by atoms with Crippen LogP contribution in [0.25, 0.3) is 11.3 Å². The van der Waals surface area contributed by atoms with E-state index in [1.165, 1.54) is 18.0 Å². The van der Waals surface area contributed by atoms with E-state index in [2.05, 4.69) is 0 Å². The number of para-hydroxylation sites is 1. The molecule has 0 saturated carbocycles. The number of benzene rings is 2. The predicted octanol–water partition coefficient (Wildman–Crippen LogP) is 5.94. The van der Waals surface area contributed by atoms with Crippen molar-refractivity contribution in [2.75, 3.05) is 0 Å². The molecule has 0 aliphatic heterocycles. The minimum atomic E-state index is -0.382. The van der Waals surface area contributed by atoms with Crippen molar-refractivity contribution in [2.45, 2.75) is 9.92 Å². The highest BCUT2D eigenvalue weighted by Gasteiger charge is 2.19.